The lowest BCUT2D eigenvalue weighted by atomic mass is 10.00. The first-order valence-corrected chi connectivity index (χ1v) is 44.6. The predicted octanol–water partition coefficient (Wildman–Crippen LogP) is 30.3. The molecule has 10 aromatic heterocycles. The van der Waals surface area contributed by atoms with E-state index in [1.165, 1.54) is 136 Å². The van der Waals surface area contributed by atoms with Crippen molar-refractivity contribution in [3.05, 3.63) is 400 Å². The second-order valence-corrected chi connectivity index (χ2v) is 35.3. The summed E-state index contributed by atoms with van der Waals surface area (Å²) in [5.74, 6) is 3.82. The van der Waals surface area contributed by atoms with Gasteiger partial charge in [0.1, 0.15) is 19.3 Å². The summed E-state index contributed by atoms with van der Waals surface area (Å²) in [7, 11) is 0. The summed E-state index contributed by atoms with van der Waals surface area (Å²) < 4.78 is 14.9. The third-order valence-corrected chi connectivity index (χ3v) is 28.6. The number of hydrogen-bond donors (Lipinski definition) is 0. The fourth-order valence-corrected chi connectivity index (χ4v) is 23.3. The molecule has 0 aliphatic rings. The van der Waals surface area contributed by atoms with Gasteiger partial charge in [-0.15, -0.1) is 45.3 Å². The maximum atomic E-state index is 5.02. The molecule has 26 rings (SSSR count). The molecular formula is C110H66N10S4. The molecule has 0 aliphatic heterocycles. The van der Waals surface area contributed by atoms with Crippen molar-refractivity contribution in [2.24, 2.45) is 0 Å². The molecular weight excluding hydrogens is 1590 g/mol. The topological polar surface area (TPSA) is 97.1 Å². The molecule has 0 saturated heterocycles. The summed E-state index contributed by atoms with van der Waals surface area (Å²) in [5.41, 5.74) is 19.7. The van der Waals surface area contributed by atoms with Crippen LogP contribution in [0.3, 0.4) is 0 Å². The molecule has 0 amide bonds. The fourth-order valence-electron chi connectivity index (χ4n) is 18.3. The van der Waals surface area contributed by atoms with Gasteiger partial charge in [-0.05, 0) is 168 Å². The number of hydrogen-bond acceptors (Lipinski definition) is 10. The monoisotopic (exact) mass is 1650 g/mol. The number of benzene rings is 16. The Kier molecular flexibility index (Phi) is 16.8. The Bertz CT molecular complexity index is 8080. The van der Waals surface area contributed by atoms with Crippen LogP contribution in [0, 0.1) is 0 Å². The first kappa shape index (κ1) is 71.5. The van der Waals surface area contributed by atoms with E-state index in [0.717, 1.165) is 66.9 Å². The van der Waals surface area contributed by atoms with E-state index in [-0.39, 0.29) is 0 Å². The highest BCUT2D eigenvalue weighted by atomic mass is 32.1. The standard InChI is InChI=1S/C70H42N8S2.C40H24N2S2/c1-5-17-43(18-6-1)63-71-64(44-19-7-2-8-20-44)74-67(73-63)47-29-35-51(36-30-47)77-57-39-33-49(41-55(57)61-53-25-13-15-27-59(53)79-69(61)77)50-34-40-58-56(42-50)62-54-26-14-16-28-60(54)80-70(62)78(58)52-37-31-48(32-38-52)68-75-65(45-21-9-3-10-22-45)72-66(76-68)46-23-11-4-12-24-46;1-3-11-27(12-4-1)41-33-21-19-25(23-31(33)37-29-15-7-9-17-35(29)43-39(37)41)26-20-22-34-32(24-26)38-30-16-8-10-18-36(30)44-40(38)42(34)28-13-5-2-6-14-28/h1-42H;1-24H. The molecule has 580 valence electrons. The lowest BCUT2D eigenvalue weighted by molar-refractivity contribution is 1.07. The number of nitrogens with zero attached hydrogens (tertiary/aromatic N) is 10. The molecule has 0 bridgehead atoms. The maximum absolute atomic E-state index is 5.02. The van der Waals surface area contributed by atoms with Crippen LogP contribution in [0.15, 0.2) is 400 Å². The first-order valence-electron chi connectivity index (χ1n) is 41.4. The Balaban J connectivity index is 0.000000161. The van der Waals surface area contributed by atoms with Gasteiger partial charge in [0.05, 0.1) is 22.1 Å². The minimum atomic E-state index is 0.628. The van der Waals surface area contributed by atoms with E-state index in [9.17, 15) is 0 Å². The Morgan fingerprint density at radius 1 is 0.153 bits per heavy atom. The Hall–Kier alpha value is -15.4. The van der Waals surface area contributed by atoms with Gasteiger partial charge in [-0.1, -0.05) is 255 Å². The number of aromatic nitrogens is 10. The number of para-hydroxylation sites is 2. The van der Waals surface area contributed by atoms with Crippen molar-refractivity contribution in [2.45, 2.75) is 0 Å². The van der Waals surface area contributed by atoms with Crippen LogP contribution >= 0.6 is 45.3 Å². The predicted molar refractivity (Wildman–Crippen MR) is 522 cm³/mol. The van der Waals surface area contributed by atoms with Gasteiger partial charge in [0, 0.05) is 140 Å². The van der Waals surface area contributed by atoms with E-state index in [1.54, 1.807) is 0 Å². The normalized spacial score (nSPS) is 11.9. The quantitative estimate of drug-likeness (QED) is 0.121. The molecule has 0 unspecified atom stereocenters. The largest absolute Gasteiger partial charge is 0.301 e. The smallest absolute Gasteiger partial charge is 0.164 e. The molecule has 0 spiro atoms. The third kappa shape index (κ3) is 11.9. The fraction of sp³-hybridized carbons (Fsp3) is 0. The van der Waals surface area contributed by atoms with Crippen LogP contribution in [0.5, 0.6) is 0 Å². The van der Waals surface area contributed by atoms with E-state index < -0.39 is 0 Å². The SMILES string of the molecule is c1ccc(-c2nc(-c3ccccc3)nc(-c3ccc(-n4c5ccc(-c6ccc7c(c6)c6c8ccccc8sc6n7-c6ccc(-c7nc(-c8ccccc8)nc(-c8ccccc8)n7)cc6)cc5c5c6ccccc6sc54)cc3)n2)cc1.c1ccc(-n2c3ccc(-c4ccc5c(c4)c4c6ccccc6sc4n5-c4ccccc4)cc3c3c4ccccc4sc32)cc1. The summed E-state index contributed by atoms with van der Waals surface area (Å²) in [4.78, 5) is 35.0. The second-order valence-electron chi connectivity index (χ2n) is 31.2. The van der Waals surface area contributed by atoms with Crippen molar-refractivity contribution in [2.75, 3.05) is 0 Å². The average molecular weight is 1660 g/mol. The Morgan fingerprint density at radius 3 is 0.573 bits per heavy atom. The number of fused-ring (bicyclic) bond motifs is 20. The van der Waals surface area contributed by atoms with Crippen molar-refractivity contribution in [1.29, 1.82) is 0 Å². The molecule has 0 aliphatic carbocycles. The van der Waals surface area contributed by atoms with Crippen LogP contribution in [-0.4, -0.2) is 48.2 Å². The lowest BCUT2D eigenvalue weighted by Crippen LogP contribution is -2.00. The molecule has 0 atom stereocenters. The molecule has 0 fully saturated rings. The van der Waals surface area contributed by atoms with Gasteiger partial charge >= 0.3 is 0 Å². The van der Waals surface area contributed by atoms with Crippen LogP contribution in [0.2, 0.25) is 0 Å². The number of rotatable bonds is 12. The highest BCUT2D eigenvalue weighted by molar-refractivity contribution is 7.27. The zero-order chi connectivity index (χ0) is 81.5. The van der Waals surface area contributed by atoms with E-state index in [4.69, 9.17) is 29.9 Å². The first-order chi connectivity index (χ1) is 61.5. The molecule has 124 heavy (non-hydrogen) atoms. The zero-order valence-electron chi connectivity index (χ0n) is 66.2. The van der Waals surface area contributed by atoms with Crippen molar-refractivity contribution in [3.63, 3.8) is 0 Å². The summed E-state index contributed by atoms with van der Waals surface area (Å²) in [6.07, 6.45) is 0. The maximum Gasteiger partial charge on any atom is 0.164 e. The van der Waals surface area contributed by atoms with Gasteiger partial charge in [-0.2, -0.15) is 0 Å². The van der Waals surface area contributed by atoms with Gasteiger partial charge in [0.15, 0.2) is 34.9 Å². The van der Waals surface area contributed by atoms with Crippen LogP contribution in [-0.2, 0) is 0 Å². The molecule has 26 aromatic rings. The summed E-state index contributed by atoms with van der Waals surface area (Å²) in [5, 5.41) is 15.4. The van der Waals surface area contributed by atoms with Crippen molar-refractivity contribution in [3.8, 4) is 113 Å². The van der Waals surface area contributed by atoms with Gasteiger partial charge in [0.2, 0.25) is 0 Å². The summed E-state index contributed by atoms with van der Waals surface area (Å²) in [6.45, 7) is 0. The summed E-state index contributed by atoms with van der Waals surface area (Å²) >= 11 is 7.42. The highest BCUT2D eigenvalue weighted by Gasteiger charge is 2.26. The van der Waals surface area contributed by atoms with E-state index in [1.807, 2.05) is 167 Å². The van der Waals surface area contributed by atoms with Crippen molar-refractivity contribution >= 4 is 170 Å². The molecule has 16 aromatic carbocycles. The van der Waals surface area contributed by atoms with Crippen molar-refractivity contribution < 1.29 is 0 Å². The van der Waals surface area contributed by atoms with Crippen LogP contribution in [0.1, 0.15) is 0 Å². The Labute approximate surface area is 726 Å². The molecule has 10 nitrogen and oxygen atoms in total. The summed E-state index contributed by atoms with van der Waals surface area (Å²) in [6, 6.07) is 142. The number of thiophene rings is 4. The van der Waals surface area contributed by atoms with Gasteiger partial charge < -0.3 is 18.3 Å². The molecule has 0 N–H and O–H groups in total. The highest BCUT2D eigenvalue weighted by Crippen LogP contribution is 2.50. The van der Waals surface area contributed by atoms with Crippen LogP contribution in [0.25, 0.3) is 238 Å². The third-order valence-electron chi connectivity index (χ3n) is 24.0. The molecule has 14 heteroatoms. The van der Waals surface area contributed by atoms with Crippen LogP contribution in [0.4, 0.5) is 0 Å². The molecule has 0 saturated carbocycles. The minimum Gasteiger partial charge on any atom is -0.301 e. The average Bonchev–Trinajstić information content (AvgIpc) is 1.57. The van der Waals surface area contributed by atoms with E-state index >= 15 is 0 Å². The minimum absolute atomic E-state index is 0.628. The van der Waals surface area contributed by atoms with Gasteiger partial charge in [-0.3, -0.25) is 0 Å². The molecule has 0 radical (unpaired) electrons. The van der Waals surface area contributed by atoms with Crippen LogP contribution < -0.4 is 0 Å². The van der Waals surface area contributed by atoms with E-state index in [0.29, 0.717) is 34.9 Å². The molecule has 10 heterocycles. The second kappa shape index (κ2) is 29.2. The van der Waals surface area contributed by atoms with E-state index in [2.05, 4.69) is 297 Å². The zero-order valence-corrected chi connectivity index (χ0v) is 69.5. The van der Waals surface area contributed by atoms with Crippen molar-refractivity contribution in [1.82, 2.24) is 48.2 Å². The van der Waals surface area contributed by atoms with Gasteiger partial charge in [0.25, 0.3) is 0 Å². The Morgan fingerprint density at radius 2 is 0.339 bits per heavy atom. The lowest BCUT2D eigenvalue weighted by Gasteiger charge is -2.11. The van der Waals surface area contributed by atoms with Gasteiger partial charge in [-0.25, -0.2) is 29.9 Å².